The number of esters is 1. The van der Waals surface area contributed by atoms with Gasteiger partial charge in [0.15, 0.2) is 0 Å². The van der Waals surface area contributed by atoms with Crippen molar-refractivity contribution >= 4 is 17.8 Å². The fourth-order valence-corrected chi connectivity index (χ4v) is 3.11. The van der Waals surface area contributed by atoms with E-state index < -0.39 is 48.0 Å². The molecule has 0 aromatic heterocycles. The van der Waals surface area contributed by atoms with Crippen molar-refractivity contribution in [1.82, 2.24) is 10.6 Å². The molecule has 6 nitrogen and oxygen atoms in total. The van der Waals surface area contributed by atoms with E-state index in [-0.39, 0.29) is 12.0 Å². The molecule has 2 atom stereocenters. The van der Waals surface area contributed by atoms with Gasteiger partial charge >= 0.3 is 12.1 Å². The van der Waals surface area contributed by atoms with Gasteiger partial charge in [0.05, 0.1) is 12.7 Å². The van der Waals surface area contributed by atoms with E-state index >= 15 is 0 Å². The highest BCUT2D eigenvalue weighted by Gasteiger charge is 2.35. The summed E-state index contributed by atoms with van der Waals surface area (Å²) >= 11 is 0. The molecular weight excluding hydrogens is 413 g/mol. The maximum absolute atomic E-state index is 13.3. The third kappa shape index (κ3) is 7.13. The number of nitrogens with one attached hydrogen (secondary N) is 2. The molecule has 2 aromatic carbocycles. The Labute approximate surface area is 177 Å². The second kappa shape index (κ2) is 10.6. The van der Waals surface area contributed by atoms with Crippen molar-refractivity contribution in [2.75, 3.05) is 7.11 Å². The van der Waals surface area contributed by atoms with Crippen LogP contribution in [0.5, 0.6) is 0 Å². The largest absolute Gasteiger partial charge is 0.467 e. The second-order valence-corrected chi connectivity index (χ2v) is 6.89. The fraction of sp³-hybridized carbons (Fsp3) is 0.318. The molecule has 0 saturated carbocycles. The third-order valence-electron chi connectivity index (χ3n) is 4.53. The van der Waals surface area contributed by atoms with Gasteiger partial charge in [-0.2, -0.15) is 13.2 Å². The van der Waals surface area contributed by atoms with E-state index in [0.717, 1.165) is 18.7 Å². The monoisotopic (exact) mass is 436 g/mol. The lowest BCUT2D eigenvalue weighted by Crippen LogP contribution is -2.53. The van der Waals surface area contributed by atoms with Crippen LogP contribution in [-0.4, -0.2) is 37.0 Å². The first kappa shape index (κ1) is 23.9. The molecule has 2 rings (SSSR count). The van der Waals surface area contributed by atoms with Crippen molar-refractivity contribution in [1.29, 1.82) is 0 Å². The van der Waals surface area contributed by atoms with Crippen molar-refractivity contribution < 1.29 is 32.3 Å². The lowest BCUT2D eigenvalue weighted by molar-refractivity contribution is -0.146. The Balaban J connectivity index is 2.25. The number of carbonyl (C=O) groups excluding carboxylic acids is 3. The average Bonchev–Trinajstić information content (AvgIpc) is 2.72. The van der Waals surface area contributed by atoms with Crippen molar-refractivity contribution in [3.8, 4) is 0 Å². The molecule has 2 N–H and O–H groups in total. The van der Waals surface area contributed by atoms with Gasteiger partial charge in [0.25, 0.3) is 0 Å². The van der Waals surface area contributed by atoms with Crippen LogP contribution in [0.1, 0.15) is 23.6 Å². The molecule has 0 heterocycles. The van der Waals surface area contributed by atoms with Crippen LogP contribution < -0.4 is 10.6 Å². The van der Waals surface area contributed by atoms with Crippen LogP contribution >= 0.6 is 0 Å². The molecule has 0 spiro atoms. The van der Waals surface area contributed by atoms with Gasteiger partial charge in [0, 0.05) is 19.8 Å². The average molecular weight is 436 g/mol. The fourth-order valence-electron chi connectivity index (χ4n) is 3.11. The van der Waals surface area contributed by atoms with E-state index in [0.29, 0.717) is 0 Å². The van der Waals surface area contributed by atoms with E-state index in [1.807, 2.05) is 0 Å². The summed E-state index contributed by atoms with van der Waals surface area (Å²) in [6.45, 7) is 1.24. The normalized spacial score (nSPS) is 13.1. The number of amides is 2. The number of methoxy groups -OCH3 is 1. The van der Waals surface area contributed by atoms with Crippen LogP contribution in [0.3, 0.4) is 0 Å². The molecule has 0 aliphatic rings. The molecule has 0 radical (unpaired) electrons. The summed E-state index contributed by atoms with van der Waals surface area (Å²) in [6.07, 6.45) is -4.90. The molecule has 2 aromatic rings. The summed E-state index contributed by atoms with van der Waals surface area (Å²) in [4.78, 5) is 36.6. The molecule has 0 unspecified atom stereocenters. The Kier molecular flexibility index (Phi) is 8.18. The number of hydrogen-bond acceptors (Lipinski definition) is 4. The van der Waals surface area contributed by atoms with E-state index in [4.69, 9.17) is 0 Å². The summed E-state index contributed by atoms with van der Waals surface area (Å²) in [6, 6.07) is 11.3. The van der Waals surface area contributed by atoms with Gasteiger partial charge in [0.1, 0.15) is 12.1 Å². The highest BCUT2D eigenvalue weighted by Crippen LogP contribution is 2.32. The summed E-state index contributed by atoms with van der Waals surface area (Å²) in [5.41, 5.74) is -0.306. The number of benzene rings is 2. The van der Waals surface area contributed by atoms with E-state index in [9.17, 15) is 27.6 Å². The maximum Gasteiger partial charge on any atom is 0.416 e. The minimum Gasteiger partial charge on any atom is -0.467 e. The topological polar surface area (TPSA) is 84.5 Å². The molecule has 166 valence electrons. The zero-order valence-corrected chi connectivity index (χ0v) is 17.0. The lowest BCUT2D eigenvalue weighted by atomic mass is 9.99. The Bertz CT molecular complexity index is 916. The van der Waals surface area contributed by atoms with Gasteiger partial charge in [0.2, 0.25) is 11.8 Å². The van der Waals surface area contributed by atoms with Crippen molar-refractivity contribution in [2.45, 2.75) is 38.0 Å². The van der Waals surface area contributed by atoms with Crippen molar-refractivity contribution in [3.63, 3.8) is 0 Å². The number of ether oxygens (including phenoxy) is 1. The number of halogens is 3. The molecule has 9 heteroatoms. The lowest BCUT2D eigenvalue weighted by Gasteiger charge is -2.23. The molecule has 31 heavy (non-hydrogen) atoms. The first-order valence-corrected chi connectivity index (χ1v) is 9.46. The van der Waals surface area contributed by atoms with Gasteiger partial charge in [-0.25, -0.2) is 4.79 Å². The van der Waals surface area contributed by atoms with E-state index in [1.54, 1.807) is 30.3 Å². The van der Waals surface area contributed by atoms with Crippen LogP contribution in [0.25, 0.3) is 0 Å². The van der Waals surface area contributed by atoms with Crippen LogP contribution in [0, 0.1) is 0 Å². The predicted octanol–water partition coefficient (Wildman–Crippen LogP) is 2.65. The number of alkyl halides is 3. The molecule has 0 bridgehead atoms. The quantitative estimate of drug-likeness (QED) is 0.624. The summed E-state index contributed by atoms with van der Waals surface area (Å²) in [5, 5.41) is 4.93. The number of rotatable bonds is 8. The Hall–Kier alpha value is -3.36. The van der Waals surface area contributed by atoms with Crippen molar-refractivity contribution in [2.24, 2.45) is 0 Å². The van der Waals surface area contributed by atoms with E-state index in [1.165, 1.54) is 25.1 Å². The number of carbonyl (C=O) groups is 3. The smallest absolute Gasteiger partial charge is 0.416 e. The first-order chi connectivity index (χ1) is 14.6. The summed E-state index contributed by atoms with van der Waals surface area (Å²) < 4.78 is 44.6. The summed E-state index contributed by atoms with van der Waals surface area (Å²) in [5.74, 6) is -2.07. The highest BCUT2D eigenvalue weighted by molar-refractivity contribution is 5.90. The third-order valence-corrected chi connectivity index (χ3v) is 4.53. The van der Waals surface area contributed by atoms with Gasteiger partial charge in [-0.15, -0.1) is 0 Å². The molecule has 0 aliphatic carbocycles. The molecule has 0 saturated heterocycles. The maximum atomic E-state index is 13.3. The Morgan fingerprint density at radius 2 is 1.52 bits per heavy atom. The first-order valence-electron chi connectivity index (χ1n) is 9.46. The molecule has 0 fully saturated rings. The predicted molar refractivity (Wildman–Crippen MR) is 107 cm³/mol. The van der Waals surface area contributed by atoms with Crippen molar-refractivity contribution in [3.05, 3.63) is 71.3 Å². The second-order valence-electron chi connectivity index (χ2n) is 6.89. The molecule has 2 amide bonds. The zero-order valence-electron chi connectivity index (χ0n) is 17.0. The van der Waals surface area contributed by atoms with Gasteiger partial charge in [-0.1, -0.05) is 48.5 Å². The van der Waals surface area contributed by atoms with Crippen LogP contribution in [-0.2, 0) is 38.1 Å². The van der Waals surface area contributed by atoms with E-state index in [2.05, 4.69) is 15.4 Å². The minimum atomic E-state index is -4.62. The standard InChI is InChI=1S/C22H23F3N2O4/c1-14(28)26-18(12-15-8-4-3-5-9-15)20(29)27-19(21(30)31-2)13-16-10-6-7-11-17(16)22(23,24)25/h3-11,18-19H,12-13H2,1-2H3,(H,26,28)(H,27,29)/t18-,19+/m0/s1. The Morgan fingerprint density at radius 1 is 0.903 bits per heavy atom. The van der Waals surface area contributed by atoms with Gasteiger partial charge < -0.3 is 15.4 Å². The van der Waals surface area contributed by atoms with Crippen LogP contribution in [0.4, 0.5) is 13.2 Å². The number of hydrogen-bond donors (Lipinski definition) is 2. The Morgan fingerprint density at radius 3 is 2.10 bits per heavy atom. The van der Waals surface area contributed by atoms with Crippen LogP contribution in [0.15, 0.2) is 54.6 Å². The minimum absolute atomic E-state index is 0.138. The highest BCUT2D eigenvalue weighted by atomic mass is 19.4. The van der Waals surface area contributed by atoms with Gasteiger partial charge in [-0.05, 0) is 17.2 Å². The van der Waals surface area contributed by atoms with Gasteiger partial charge in [-0.3, -0.25) is 9.59 Å². The molecule has 0 aliphatic heterocycles. The SMILES string of the molecule is COC(=O)[C@@H](Cc1ccccc1C(F)(F)F)NC(=O)[C@H](Cc1ccccc1)NC(C)=O. The molecular formula is C22H23F3N2O4. The zero-order chi connectivity index (χ0) is 23.0. The summed E-state index contributed by atoms with van der Waals surface area (Å²) in [7, 11) is 1.08. The van der Waals surface area contributed by atoms with Crippen LogP contribution in [0.2, 0.25) is 0 Å².